The summed E-state index contributed by atoms with van der Waals surface area (Å²) in [5.74, 6) is -0.134. The lowest BCUT2D eigenvalue weighted by molar-refractivity contribution is 0.331. The van der Waals surface area contributed by atoms with E-state index in [1.807, 2.05) is 32.3 Å². The largest absolute Gasteiger partial charge is 0.366 e. The minimum atomic E-state index is -0.134. The van der Waals surface area contributed by atoms with Crippen LogP contribution in [0, 0.1) is 12.7 Å². The van der Waals surface area contributed by atoms with Gasteiger partial charge in [0.25, 0.3) is 0 Å². The Kier molecular flexibility index (Phi) is 4.20. The zero-order chi connectivity index (χ0) is 17.4. The molecule has 0 fully saturated rings. The number of rotatable bonds is 3. The fourth-order valence-corrected chi connectivity index (χ4v) is 4.04. The highest BCUT2D eigenvalue weighted by molar-refractivity contribution is 5.63. The van der Waals surface area contributed by atoms with E-state index < -0.39 is 0 Å². The summed E-state index contributed by atoms with van der Waals surface area (Å²) in [6.07, 6.45) is 11.1. The quantitative estimate of drug-likeness (QED) is 0.807. The first-order valence-electron chi connectivity index (χ1n) is 9.04. The van der Waals surface area contributed by atoms with Gasteiger partial charge < -0.3 is 4.90 Å². The molecule has 1 aromatic carbocycles. The van der Waals surface area contributed by atoms with Gasteiger partial charge in [-0.05, 0) is 49.8 Å². The zero-order valence-corrected chi connectivity index (χ0v) is 14.9. The third-order valence-corrected chi connectivity index (χ3v) is 5.32. The lowest BCUT2D eigenvalue weighted by Gasteiger charge is -2.34. The Hall–Kier alpha value is -2.36. The standard InChI is InChI=1S/C21H24FN3/c1-15-13-23-24(2)21(15)17-9-10-18(19(22)12-17)14-25-11-5-7-16-6-3-4-8-20(16)25/h5,7,9-10,12-13H,3-4,6,8,11,14H2,1-2H3. The Bertz CT molecular complexity index is 841. The number of benzene rings is 1. The van der Waals surface area contributed by atoms with Crippen molar-refractivity contribution in [2.24, 2.45) is 7.05 Å². The van der Waals surface area contributed by atoms with E-state index in [9.17, 15) is 4.39 Å². The van der Waals surface area contributed by atoms with Crippen LogP contribution < -0.4 is 0 Å². The predicted molar refractivity (Wildman–Crippen MR) is 98.4 cm³/mol. The van der Waals surface area contributed by atoms with Gasteiger partial charge in [0.15, 0.2) is 0 Å². The molecule has 2 heterocycles. The van der Waals surface area contributed by atoms with Gasteiger partial charge in [0, 0.05) is 37.0 Å². The maximum Gasteiger partial charge on any atom is 0.128 e. The van der Waals surface area contributed by atoms with Crippen molar-refractivity contribution < 1.29 is 4.39 Å². The van der Waals surface area contributed by atoms with Crippen LogP contribution in [-0.4, -0.2) is 21.2 Å². The summed E-state index contributed by atoms with van der Waals surface area (Å²) >= 11 is 0. The number of allylic oxidation sites excluding steroid dienone is 3. The molecule has 1 aliphatic carbocycles. The fraction of sp³-hybridized carbons (Fsp3) is 0.381. The normalized spacial score (nSPS) is 17.2. The molecule has 0 radical (unpaired) electrons. The Balaban J connectivity index is 1.60. The van der Waals surface area contributed by atoms with Crippen molar-refractivity contribution in [2.45, 2.75) is 39.2 Å². The van der Waals surface area contributed by atoms with E-state index in [2.05, 4.69) is 22.2 Å². The summed E-state index contributed by atoms with van der Waals surface area (Å²) in [7, 11) is 1.89. The fourth-order valence-electron chi connectivity index (χ4n) is 4.04. The smallest absolute Gasteiger partial charge is 0.128 e. The van der Waals surface area contributed by atoms with Crippen molar-refractivity contribution in [1.82, 2.24) is 14.7 Å². The molecule has 130 valence electrons. The third-order valence-electron chi connectivity index (χ3n) is 5.32. The Morgan fingerprint density at radius 1 is 1.20 bits per heavy atom. The molecule has 3 nitrogen and oxygen atoms in total. The lowest BCUT2D eigenvalue weighted by atomic mass is 9.92. The van der Waals surface area contributed by atoms with E-state index in [0.717, 1.165) is 41.8 Å². The first-order chi connectivity index (χ1) is 12.1. The summed E-state index contributed by atoms with van der Waals surface area (Å²) in [6.45, 7) is 3.52. The van der Waals surface area contributed by atoms with Crippen LogP contribution in [0.4, 0.5) is 4.39 Å². The van der Waals surface area contributed by atoms with Crippen LogP contribution in [0.2, 0.25) is 0 Å². The maximum atomic E-state index is 14.8. The third kappa shape index (κ3) is 3.01. The molecule has 0 unspecified atom stereocenters. The van der Waals surface area contributed by atoms with E-state index in [-0.39, 0.29) is 5.82 Å². The lowest BCUT2D eigenvalue weighted by Crippen LogP contribution is -2.28. The second-order valence-electron chi connectivity index (χ2n) is 7.07. The molecular formula is C21H24FN3. The molecule has 0 spiro atoms. The molecule has 0 bridgehead atoms. The first-order valence-corrected chi connectivity index (χ1v) is 9.04. The summed E-state index contributed by atoms with van der Waals surface area (Å²) in [5, 5.41) is 4.26. The van der Waals surface area contributed by atoms with Crippen LogP contribution in [0.25, 0.3) is 11.3 Å². The highest BCUT2D eigenvalue weighted by atomic mass is 19.1. The van der Waals surface area contributed by atoms with Crippen LogP contribution in [-0.2, 0) is 13.6 Å². The molecular weight excluding hydrogens is 313 g/mol. The van der Waals surface area contributed by atoms with Crippen LogP contribution in [0.3, 0.4) is 0 Å². The van der Waals surface area contributed by atoms with Gasteiger partial charge in [-0.25, -0.2) is 4.39 Å². The van der Waals surface area contributed by atoms with Crippen LogP contribution in [0.1, 0.15) is 36.8 Å². The minimum absolute atomic E-state index is 0.134. The number of hydrogen-bond donors (Lipinski definition) is 0. The molecule has 0 atom stereocenters. The van der Waals surface area contributed by atoms with E-state index >= 15 is 0 Å². The monoisotopic (exact) mass is 337 g/mol. The number of aromatic nitrogens is 2. The van der Waals surface area contributed by atoms with Crippen molar-refractivity contribution in [3.8, 4) is 11.3 Å². The van der Waals surface area contributed by atoms with Crippen molar-refractivity contribution in [2.75, 3.05) is 6.54 Å². The number of halogens is 1. The van der Waals surface area contributed by atoms with Crippen LogP contribution in [0.15, 0.2) is 47.8 Å². The predicted octanol–water partition coefficient (Wildman–Crippen LogP) is 4.73. The number of nitrogens with zero attached hydrogens (tertiary/aromatic N) is 3. The summed E-state index contributed by atoms with van der Waals surface area (Å²) in [6, 6.07) is 5.59. The van der Waals surface area contributed by atoms with E-state index in [1.165, 1.54) is 24.1 Å². The van der Waals surface area contributed by atoms with Crippen molar-refractivity contribution in [3.05, 3.63) is 64.8 Å². The van der Waals surface area contributed by atoms with Gasteiger partial charge in [0.2, 0.25) is 0 Å². The highest BCUT2D eigenvalue weighted by Gasteiger charge is 2.21. The van der Waals surface area contributed by atoms with Crippen LogP contribution >= 0.6 is 0 Å². The summed E-state index contributed by atoms with van der Waals surface area (Å²) in [5.41, 5.74) is 6.54. The van der Waals surface area contributed by atoms with Crippen LogP contribution in [0.5, 0.6) is 0 Å². The Morgan fingerprint density at radius 2 is 2.04 bits per heavy atom. The Morgan fingerprint density at radius 3 is 2.80 bits per heavy atom. The average Bonchev–Trinajstić information content (AvgIpc) is 2.95. The molecule has 0 saturated carbocycles. The SMILES string of the molecule is Cc1cnn(C)c1-c1ccc(CN2CC=CC3=C2CCCC3)c(F)c1. The van der Waals surface area contributed by atoms with E-state index in [4.69, 9.17) is 0 Å². The molecule has 0 saturated heterocycles. The summed E-state index contributed by atoms with van der Waals surface area (Å²) < 4.78 is 16.6. The molecule has 2 aliphatic rings. The molecule has 0 N–H and O–H groups in total. The van der Waals surface area contributed by atoms with Gasteiger partial charge >= 0.3 is 0 Å². The minimum Gasteiger partial charge on any atom is -0.366 e. The number of hydrogen-bond acceptors (Lipinski definition) is 2. The molecule has 1 aliphatic heterocycles. The van der Waals surface area contributed by atoms with Crippen molar-refractivity contribution in [1.29, 1.82) is 0 Å². The van der Waals surface area contributed by atoms with Gasteiger partial charge in [-0.1, -0.05) is 24.3 Å². The van der Waals surface area contributed by atoms with Crippen molar-refractivity contribution >= 4 is 0 Å². The molecule has 1 aromatic heterocycles. The maximum absolute atomic E-state index is 14.8. The molecule has 2 aromatic rings. The van der Waals surface area contributed by atoms with Gasteiger partial charge in [0.05, 0.1) is 11.9 Å². The second-order valence-corrected chi connectivity index (χ2v) is 7.07. The van der Waals surface area contributed by atoms with Crippen molar-refractivity contribution in [3.63, 3.8) is 0 Å². The second kappa shape index (κ2) is 6.51. The Labute approximate surface area is 148 Å². The summed E-state index contributed by atoms with van der Waals surface area (Å²) in [4.78, 5) is 2.34. The van der Waals surface area contributed by atoms with Gasteiger partial charge in [-0.2, -0.15) is 5.10 Å². The van der Waals surface area contributed by atoms with E-state index in [0.29, 0.717) is 6.54 Å². The van der Waals surface area contributed by atoms with Gasteiger partial charge in [-0.3, -0.25) is 4.68 Å². The topological polar surface area (TPSA) is 21.1 Å². The molecule has 4 rings (SSSR count). The zero-order valence-electron chi connectivity index (χ0n) is 14.9. The molecule has 25 heavy (non-hydrogen) atoms. The number of aryl methyl sites for hydroxylation is 2. The molecule has 0 amide bonds. The van der Waals surface area contributed by atoms with Gasteiger partial charge in [0.1, 0.15) is 5.82 Å². The van der Waals surface area contributed by atoms with Gasteiger partial charge in [-0.15, -0.1) is 0 Å². The highest BCUT2D eigenvalue weighted by Crippen LogP contribution is 2.32. The van der Waals surface area contributed by atoms with E-state index in [1.54, 1.807) is 10.7 Å². The molecule has 4 heteroatoms. The average molecular weight is 337 g/mol. The first kappa shape index (κ1) is 16.1.